The number of halogens is 3. The summed E-state index contributed by atoms with van der Waals surface area (Å²) in [6.07, 6.45) is -4.84. The van der Waals surface area contributed by atoms with Gasteiger partial charge in [-0.2, -0.15) is 18.3 Å². The molecule has 0 aliphatic carbocycles. The molecule has 0 amide bonds. The molecule has 0 spiro atoms. The molecule has 0 bridgehead atoms. The van der Waals surface area contributed by atoms with Crippen LogP contribution in [0.3, 0.4) is 0 Å². The van der Waals surface area contributed by atoms with Crippen molar-refractivity contribution in [3.63, 3.8) is 0 Å². The van der Waals surface area contributed by atoms with E-state index in [4.69, 9.17) is 16.3 Å². The fourth-order valence-electron chi connectivity index (χ4n) is 2.72. The molecule has 0 aliphatic heterocycles. The third kappa shape index (κ3) is 3.00. The number of benzene rings is 2. The Balaban J connectivity index is 2.46. The summed E-state index contributed by atoms with van der Waals surface area (Å²) >= 11 is 0. The molecule has 26 heavy (non-hydrogen) atoms. The zero-order chi connectivity index (χ0) is 23.1. The fourth-order valence-corrected chi connectivity index (χ4v) is 2.72. The first-order chi connectivity index (χ1) is 14.4. The van der Waals surface area contributed by atoms with Gasteiger partial charge in [-0.3, -0.25) is 4.68 Å². The van der Waals surface area contributed by atoms with E-state index in [2.05, 4.69) is 5.10 Å². The molecular weight excluding hydrogens is 345 g/mol. The average molecular weight is 367 g/mol. The maximum atomic E-state index is 13.8. The Morgan fingerprint density at radius 3 is 2.77 bits per heavy atom. The molecule has 0 aliphatic rings. The van der Waals surface area contributed by atoms with Crippen LogP contribution in [-0.2, 0) is 12.7 Å². The summed E-state index contributed by atoms with van der Waals surface area (Å²) in [6, 6.07) is 6.72. The minimum absolute atomic E-state index is 0.0196. The third-order valence-electron chi connectivity index (χ3n) is 3.83. The van der Waals surface area contributed by atoms with E-state index in [1.807, 2.05) is 0 Å². The highest BCUT2D eigenvalue weighted by Gasteiger charge is 2.35. The first-order valence-electron chi connectivity index (χ1n) is 9.89. The average Bonchev–Trinajstić information content (AvgIpc) is 3.12. The molecule has 3 rings (SSSR count). The van der Waals surface area contributed by atoms with Crippen LogP contribution in [0.4, 0.5) is 13.2 Å². The summed E-state index contributed by atoms with van der Waals surface area (Å²) in [5, 5.41) is 4.04. The number of aromatic nitrogens is 2. The van der Waals surface area contributed by atoms with Gasteiger partial charge in [-0.1, -0.05) is 18.2 Å². The first kappa shape index (κ1) is 12.4. The van der Waals surface area contributed by atoms with Crippen LogP contribution in [0.1, 0.15) is 12.4 Å². The third-order valence-corrected chi connectivity index (χ3v) is 3.83. The molecule has 2 aromatic carbocycles. The molecule has 0 atom stereocenters. The molecule has 1 heterocycles. The van der Waals surface area contributed by atoms with E-state index in [9.17, 15) is 13.2 Å². The summed E-state index contributed by atoms with van der Waals surface area (Å²) in [4.78, 5) is 0. The maximum absolute atomic E-state index is 13.8. The normalized spacial score (nSPS) is 14.7. The molecule has 7 heteroatoms. The molecule has 0 saturated heterocycles. The van der Waals surface area contributed by atoms with E-state index in [1.165, 1.54) is 38.5 Å². The van der Waals surface area contributed by atoms with Gasteiger partial charge in [-0.15, -0.1) is 6.53 Å². The molecule has 0 N–H and O–H groups in total. The highest BCUT2D eigenvalue weighted by atomic mass is 19.4. The number of allylic oxidation sites excluding steroid dienone is 1. The van der Waals surface area contributed by atoms with Gasteiger partial charge in [0, 0.05) is 17.0 Å². The minimum atomic E-state index is -4.84. The van der Waals surface area contributed by atoms with Gasteiger partial charge >= 0.3 is 6.18 Å². The van der Waals surface area contributed by atoms with Crippen LogP contribution in [0, 0.1) is 0 Å². The molecule has 0 radical (unpaired) electrons. The van der Waals surface area contributed by atoms with Crippen LogP contribution in [0.2, 0.25) is 0 Å². The van der Waals surface area contributed by atoms with Gasteiger partial charge in [-0.05, 0) is 18.2 Å². The van der Waals surface area contributed by atoms with Crippen molar-refractivity contribution in [3.8, 4) is 22.8 Å². The van der Waals surface area contributed by atoms with Crippen LogP contribution in [0.15, 0.2) is 49.0 Å². The van der Waals surface area contributed by atoms with Crippen LogP contribution < -0.4 is 9.47 Å². The number of hydrogen-bond acceptors (Lipinski definition) is 3. The van der Waals surface area contributed by atoms with Crippen molar-refractivity contribution in [1.29, 1.82) is 0 Å². The Morgan fingerprint density at radius 1 is 1.31 bits per heavy atom. The van der Waals surface area contributed by atoms with Gasteiger partial charge in [0.2, 0.25) is 0 Å². The topological polar surface area (TPSA) is 36.3 Å². The molecule has 0 fully saturated rings. The predicted molar refractivity (Wildman–Crippen MR) is 93.5 cm³/mol. The summed E-state index contributed by atoms with van der Waals surface area (Å²) in [6.45, 7) is -4.17. The fraction of sp³-hybridized carbons (Fsp3) is 0.211. The molecule has 4 nitrogen and oxygen atoms in total. The highest BCUT2D eigenvalue weighted by Crippen LogP contribution is 2.41. The zero-order valence-electron chi connectivity index (χ0n) is 18.8. The van der Waals surface area contributed by atoms with Gasteiger partial charge in [0.1, 0.15) is 17.2 Å². The van der Waals surface area contributed by atoms with Crippen molar-refractivity contribution in [2.75, 3.05) is 14.2 Å². The Morgan fingerprint density at radius 2 is 2.12 bits per heavy atom. The van der Waals surface area contributed by atoms with Crippen LogP contribution in [-0.4, -0.2) is 24.0 Å². The van der Waals surface area contributed by atoms with E-state index in [-0.39, 0.29) is 22.4 Å². The van der Waals surface area contributed by atoms with Crippen LogP contribution in [0.25, 0.3) is 22.2 Å². The van der Waals surface area contributed by atoms with Crippen molar-refractivity contribution in [3.05, 3.63) is 54.5 Å². The maximum Gasteiger partial charge on any atom is 0.418 e. The predicted octanol–water partition coefficient (Wildman–Crippen LogP) is 4.93. The second-order valence-electron chi connectivity index (χ2n) is 5.26. The summed E-state index contributed by atoms with van der Waals surface area (Å²) < 4.78 is 90.8. The standard InChI is InChI=1S/C19H17F3N2O2/c1-4-10-24-18-14(6-5-7-15(18)19(20,21)22)17(23-24)13-9-8-12(25-2)11-16(13)26-3/h4-9,11H,1,10H2,2-3H3/i1D2,4D,10D2. The number of alkyl halides is 3. The van der Waals surface area contributed by atoms with Crippen molar-refractivity contribution < 1.29 is 29.5 Å². The minimum Gasteiger partial charge on any atom is -0.497 e. The summed E-state index contributed by atoms with van der Waals surface area (Å²) in [5.74, 6) is 0.660. The quantitative estimate of drug-likeness (QED) is 0.600. The first-order valence-corrected chi connectivity index (χ1v) is 7.39. The SMILES string of the molecule is [2H]C([2H])=C([2H])C([2H])([2H])n1nc(-c2ccc(OC)cc2OC)c2cccc(C(F)(F)F)c21. The van der Waals surface area contributed by atoms with Crippen molar-refractivity contribution >= 4 is 10.9 Å². The van der Waals surface area contributed by atoms with E-state index < -0.39 is 36.3 Å². The number of rotatable bonds is 5. The largest absolute Gasteiger partial charge is 0.497 e. The van der Waals surface area contributed by atoms with Crippen molar-refractivity contribution in [2.24, 2.45) is 0 Å². The molecular formula is C19H17F3N2O2. The lowest BCUT2D eigenvalue weighted by atomic mass is 10.0. The van der Waals surface area contributed by atoms with E-state index in [0.717, 1.165) is 6.07 Å². The second kappa shape index (κ2) is 6.74. The number of ether oxygens (including phenoxy) is 2. The van der Waals surface area contributed by atoms with E-state index in [1.54, 1.807) is 6.07 Å². The summed E-state index contributed by atoms with van der Waals surface area (Å²) in [7, 11) is 2.79. The van der Waals surface area contributed by atoms with Crippen molar-refractivity contribution in [1.82, 2.24) is 9.78 Å². The monoisotopic (exact) mass is 367 g/mol. The van der Waals surface area contributed by atoms with Gasteiger partial charge in [0.05, 0.1) is 38.7 Å². The Hall–Kier alpha value is -2.96. The zero-order valence-corrected chi connectivity index (χ0v) is 13.8. The Bertz CT molecular complexity index is 1170. The van der Waals surface area contributed by atoms with Crippen LogP contribution >= 0.6 is 0 Å². The second-order valence-corrected chi connectivity index (χ2v) is 5.26. The number of hydrogen-bond donors (Lipinski definition) is 0. The lowest BCUT2D eigenvalue weighted by molar-refractivity contribution is -0.136. The van der Waals surface area contributed by atoms with Crippen molar-refractivity contribution in [2.45, 2.75) is 12.7 Å². The lowest BCUT2D eigenvalue weighted by Gasteiger charge is -2.10. The lowest BCUT2D eigenvalue weighted by Crippen LogP contribution is -2.09. The van der Waals surface area contributed by atoms with E-state index in [0.29, 0.717) is 10.4 Å². The van der Waals surface area contributed by atoms with Gasteiger partial charge in [0.15, 0.2) is 0 Å². The summed E-state index contributed by atoms with van der Waals surface area (Å²) in [5.41, 5.74) is -1.52. The molecule has 1 aromatic heterocycles. The van der Waals surface area contributed by atoms with E-state index >= 15 is 0 Å². The number of fused-ring (bicyclic) bond motifs is 1. The molecule has 136 valence electrons. The molecule has 0 unspecified atom stereocenters. The number of nitrogens with zero attached hydrogens (tertiary/aromatic N) is 2. The molecule has 3 aromatic rings. The van der Waals surface area contributed by atoms with Gasteiger partial charge in [-0.25, -0.2) is 0 Å². The highest BCUT2D eigenvalue weighted by molar-refractivity contribution is 5.96. The number of para-hydroxylation sites is 1. The van der Waals surface area contributed by atoms with Crippen LogP contribution in [0.5, 0.6) is 11.5 Å². The van der Waals surface area contributed by atoms with Gasteiger partial charge < -0.3 is 9.47 Å². The smallest absolute Gasteiger partial charge is 0.418 e. The van der Waals surface area contributed by atoms with Gasteiger partial charge in [0.25, 0.3) is 0 Å². The molecule has 0 saturated carbocycles. The Labute approximate surface area is 155 Å². The number of methoxy groups -OCH3 is 2. The Kier molecular flexibility index (Phi) is 3.22.